The highest BCUT2D eigenvalue weighted by Crippen LogP contribution is 2.25. The zero-order valence-electron chi connectivity index (χ0n) is 18.8. The van der Waals surface area contributed by atoms with Crippen LogP contribution in [-0.2, 0) is 11.8 Å². The molecule has 2 aromatic carbocycles. The van der Waals surface area contributed by atoms with E-state index in [1.165, 1.54) is 0 Å². The van der Waals surface area contributed by atoms with Crippen molar-refractivity contribution in [2.24, 2.45) is 13.0 Å². The van der Waals surface area contributed by atoms with Crippen LogP contribution in [-0.4, -0.2) is 59.6 Å². The number of aryl methyl sites for hydroxylation is 1. The van der Waals surface area contributed by atoms with Crippen LogP contribution in [0.2, 0.25) is 5.02 Å². The van der Waals surface area contributed by atoms with Crippen LogP contribution in [0.15, 0.2) is 53.3 Å². The average Bonchev–Trinajstić information content (AvgIpc) is 2.86. The van der Waals surface area contributed by atoms with Crippen LogP contribution < -0.4 is 15.4 Å². The lowest BCUT2D eigenvalue weighted by Crippen LogP contribution is -2.53. The van der Waals surface area contributed by atoms with Gasteiger partial charge in [0.15, 0.2) is 5.82 Å². The van der Waals surface area contributed by atoms with Crippen LogP contribution in [0.3, 0.4) is 0 Å². The second-order valence-corrected chi connectivity index (χ2v) is 9.30. The number of rotatable bonds is 3. The number of carbonyl (C=O) groups is 1. The minimum atomic E-state index is -0.116. The first-order chi connectivity index (χ1) is 16.0. The van der Waals surface area contributed by atoms with Crippen molar-refractivity contribution in [2.45, 2.75) is 12.8 Å². The number of amides is 1. The van der Waals surface area contributed by atoms with Crippen LogP contribution in [0.4, 0.5) is 11.5 Å². The monoisotopic (exact) mass is 465 g/mol. The highest BCUT2D eigenvalue weighted by Gasteiger charge is 2.32. The van der Waals surface area contributed by atoms with Gasteiger partial charge in [-0.15, -0.1) is 0 Å². The molecule has 33 heavy (non-hydrogen) atoms. The number of nitrogens with zero attached hydrogens (tertiary/aromatic N) is 5. The maximum absolute atomic E-state index is 13.3. The molecule has 1 unspecified atom stereocenters. The lowest BCUT2D eigenvalue weighted by atomic mass is 9.96. The zero-order valence-corrected chi connectivity index (χ0v) is 19.5. The highest BCUT2D eigenvalue weighted by molar-refractivity contribution is 6.30. The molecule has 2 fully saturated rings. The molecule has 5 rings (SSSR count). The van der Waals surface area contributed by atoms with Crippen molar-refractivity contribution in [2.75, 3.05) is 49.1 Å². The van der Waals surface area contributed by atoms with Crippen LogP contribution in [0, 0.1) is 5.92 Å². The Morgan fingerprint density at radius 3 is 2.58 bits per heavy atom. The number of hydrogen-bond acceptors (Lipinski definition) is 5. The Kier molecular flexibility index (Phi) is 5.98. The number of fused-ring (bicyclic) bond motifs is 1. The lowest BCUT2D eigenvalue weighted by Gasteiger charge is -2.40. The van der Waals surface area contributed by atoms with Gasteiger partial charge in [0, 0.05) is 57.0 Å². The molecule has 0 N–H and O–H groups in total. The number of piperazine rings is 1. The molecule has 0 aliphatic carbocycles. The summed E-state index contributed by atoms with van der Waals surface area (Å²) in [5, 5.41) is 0.724. The fourth-order valence-corrected chi connectivity index (χ4v) is 5.14. The van der Waals surface area contributed by atoms with Crippen molar-refractivity contribution in [1.82, 2.24) is 14.5 Å². The molecule has 172 valence electrons. The van der Waals surface area contributed by atoms with Gasteiger partial charge in [0.25, 0.3) is 5.56 Å². The molecule has 3 aromatic rings. The largest absolute Gasteiger partial charge is 0.368 e. The summed E-state index contributed by atoms with van der Waals surface area (Å²) in [6.07, 6.45) is 1.72. The minimum Gasteiger partial charge on any atom is -0.368 e. The summed E-state index contributed by atoms with van der Waals surface area (Å²) < 4.78 is 1.65. The fraction of sp³-hybridized carbons (Fsp3) is 0.400. The van der Waals surface area contributed by atoms with E-state index in [1.807, 2.05) is 52.3 Å². The van der Waals surface area contributed by atoms with E-state index in [0.717, 1.165) is 54.2 Å². The van der Waals surface area contributed by atoms with Crippen molar-refractivity contribution >= 4 is 40.0 Å². The van der Waals surface area contributed by atoms with Crippen molar-refractivity contribution in [3.63, 3.8) is 0 Å². The molecule has 1 atom stereocenters. The predicted octanol–water partition coefficient (Wildman–Crippen LogP) is 3.15. The second kappa shape index (κ2) is 9.06. The predicted molar refractivity (Wildman–Crippen MR) is 132 cm³/mol. The van der Waals surface area contributed by atoms with E-state index in [1.54, 1.807) is 11.6 Å². The SMILES string of the molecule is Cn1c(=O)c(N2CCCC(C(=O)N3CCN(c4cccc(Cl)c4)CC3)C2)nc2ccccc21. The molecule has 0 spiro atoms. The van der Waals surface area contributed by atoms with Crippen LogP contribution in [0.1, 0.15) is 12.8 Å². The van der Waals surface area contributed by atoms with Gasteiger partial charge >= 0.3 is 0 Å². The molecule has 0 radical (unpaired) electrons. The Morgan fingerprint density at radius 1 is 1.00 bits per heavy atom. The van der Waals surface area contributed by atoms with E-state index in [-0.39, 0.29) is 17.4 Å². The van der Waals surface area contributed by atoms with E-state index < -0.39 is 0 Å². The van der Waals surface area contributed by atoms with Crippen LogP contribution >= 0.6 is 11.6 Å². The van der Waals surface area contributed by atoms with E-state index in [2.05, 4.69) is 16.0 Å². The summed E-state index contributed by atoms with van der Waals surface area (Å²) in [6.45, 7) is 4.24. The summed E-state index contributed by atoms with van der Waals surface area (Å²) in [5.74, 6) is 0.511. The first-order valence-corrected chi connectivity index (χ1v) is 11.9. The Hall–Kier alpha value is -3.06. The van der Waals surface area contributed by atoms with Gasteiger partial charge in [0.05, 0.1) is 17.0 Å². The molecule has 2 aliphatic heterocycles. The van der Waals surface area contributed by atoms with Gasteiger partial charge in [0.2, 0.25) is 5.91 Å². The minimum absolute atomic E-state index is 0.114. The summed E-state index contributed by atoms with van der Waals surface area (Å²) in [5.41, 5.74) is 2.59. The quantitative estimate of drug-likeness (QED) is 0.594. The van der Waals surface area contributed by atoms with Gasteiger partial charge < -0.3 is 19.3 Å². The first kappa shape index (κ1) is 21.8. The normalized spacial score (nSPS) is 19.2. The summed E-state index contributed by atoms with van der Waals surface area (Å²) >= 11 is 6.14. The van der Waals surface area contributed by atoms with Gasteiger partial charge in [-0.25, -0.2) is 4.98 Å². The first-order valence-electron chi connectivity index (χ1n) is 11.5. The molecule has 0 bridgehead atoms. The van der Waals surface area contributed by atoms with Crippen molar-refractivity contribution in [3.05, 3.63) is 63.9 Å². The van der Waals surface area contributed by atoms with Gasteiger partial charge in [-0.05, 0) is 43.2 Å². The van der Waals surface area contributed by atoms with Crippen molar-refractivity contribution in [3.8, 4) is 0 Å². The third-order valence-electron chi connectivity index (χ3n) is 6.80. The number of carbonyl (C=O) groups excluding carboxylic acids is 1. The van der Waals surface area contributed by atoms with E-state index >= 15 is 0 Å². The molecule has 2 aliphatic rings. The smallest absolute Gasteiger partial charge is 0.293 e. The lowest BCUT2D eigenvalue weighted by molar-refractivity contribution is -0.136. The molecule has 1 amide bonds. The van der Waals surface area contributed by atoms with E-state index in [9.17, 15) is 9.59 Å². The maximum Gasteiger partial charge on any atom is 0.293 e. The average molecular weight is 466 g/mol. The Bertz CT molecular complexity index is 1230. The molecule has 3 heterocycles. The number of para-hydroxylation sites is 2. The topological polar surface area (TPSA) is 61.7 Å². The maximum atomic E-state index is 13.3. The molecular formula is C25H28ClN5O2. The van der Waals surface area contributed by atoms with Crippen LogP contribution in [0.25, 0.3) is 11.0 Å². The molecule has 8 heteroatoms. The van der Waals surface area contributed by atoms with Gasteiger partial charge in [-0.1, -0.05) is 29.8 Å². The summed E-state index contributed by atoms with van der Waals surface area (Å²) in [7, 11) is 1.78. The van der Waals surface area contributed by atoms with Gasteiger partial charge in [-0.3, -0.25) is 9.59 Å². The zero-order chi connectivity index (χ0) is 22.9. The molecular weight excluding hydrogens is 438 g/mol. The van der Waals surface area contributed by atoms with Crippen molar-refractivity contribution in [1.29, 1.82) is 0 Å². The number of aromatic nitrogens is 2. The van der Waals surface area contributed by atoms with E-state index in [0.29, 0.717) is 25.5 Å². The summed E-state index contributed by atoms with van der Waals surface area (Å²) in [4.78, 5) is 37.3. The molecule has 1 aromatic heterocycles. The number of halogens is 1. The van der Waals surface area contributed by atoms with Crippen molar-refractivity contribution < 1.29 is 4.79 Å². The third-order valence-corrected chi connectivity index (χ3v) is 7.04. The Labute approximate surface area is 198 Å². The van der Waals surface area contributed by atoms with Crippen LogP contribution in [0.5, 0.6) is 0 Å². The number of hydrogen-bond donors (Lipinski definition) is 0. The fourth-order valence-electron chi connectivity index (χ4n) is 4.96. The Balaban J connectivity index is 1.28. The number of anilines is 2. The van der Waals surface area contributed by atoms with E-state index in [4.69, 9.17) is 11.6 Å². The Morgan fingerprint density at radius 2 is 1.79 bits per heavy atom. The molecule has 7 nitrogen and oxygen atoms in total. The van der Waals surface area contributed by atoms with Gasteiger partial charge in [-0.2, -0.15) is 0 Å². The molecule has 2 saturated heterocycles. The number of piperidine rings is 1. The second-order valence-electron chi connectivity index (χ2n) is 8.87. The summed E-state index contributed by atoms with van der Waals surface area (Å²) in [6, 6.07) is 15.5. The standard InChI is InChI=1S/C25H28ClN5O2/c1-28-22-10-3-2-9-21(22)27-23(25(28)33)31-11-5-6-18(17-31)24(32)30-14-12-29(13-15-30)20-8-4-7-19(26)16-20/h2-4,7-10,16,18H,5-6,11-15,17H2,1H3. The highest BCUT2D eigenvalue weighted by atomic mass is 35.5. The van der Waals surface area contributed by atoms with Gasteiger partial charge in [0.1, 0.15) is 0 Å². The third kappa shape index (κ3) is 4.29. The number of benzene rings is 2. The molecule has 0 saturated carbocycles.